The first-order valence-electron chi connectivity index (χ1n) is 14.1. The predicted molar refractivity (Wildman–Crippen MR) is 173 cm³/mol. The van der Waals surface area contributed by atoms with Crippen LogP contribution in [0.3, 0.4) is 0 Å². The van der Waals surface area contributed by atoms with Crippen molar-refractivity contribution in [2.45, 2.75) is 12.8 Å². The van der Waals surface area contributed by atoms with Gasteiger partial charge >= 0.3 is 0 Å². The van der Waals surface area contributed by atoms with Crippen molar-refractivity contribution in [1.82, 2.24) is 19.7 Å². The minimum Gasteiger partial charge on any atom is -0.755 e. The van der Waals surface area contributed by atoms with Crippen LogP contribution in [0.25, 0.3) is 61.0 Å². The third kappa shape index (κ3) is 4.68. The summed E-state index contributed by atoms with van der Waals surface area (Å²) in [4.78, 5) is 22.9. The first-order valence-corrected chi connectivity index (χ1v) is 15.7. The lowest BCUT2D eigenvalue weighted by molar-refractivity contribution is 0.0964. The number of alkyl halides is 1. The third-order valence-electron chi connectivity index (χ3n) is 7.92. The highest BCUT2D eigenvalue weighted by molar-refractivity contribution is 7.80. The van der Waals surface area contributed by atoms with Crippen LogP contribution < -0.4 is 9.62 Å². The molecule has 13 heteroatoms. The molecule has 7 aromatic rings. The maximum Gasteiger partial charge on any atom is 0.255 e. The minimum atomic E-state index is -2.68. The van der Waals surface area contributed by atoms with Crippen molar-refractivity contribution < 1.29 is 26.8 Å². The van der Waals surface area contributed by atoms with Gasteiger partial charge in [-0.05, 0) is 67.6 Å². The topological polar surface area (TPSA) is 116 Å². The van der Waals surface area contributed by atoms with Gasteiger partial charge in [-0.2, -0.15) is 0 Å². The van der Waals surface area contributed by atoms with Crippen LogP contribution in [0, 0.1) is 11.6 Å². The molecule has 0 fully saturated rings. The zero-order valence-electron chi connectivity index (χ0n) is 24.3. The molecule has 1 amide bonds. The smallest absolute Gasteiger partial charge is 0.255 e. The fourth-order valence-corrected chi connectivity index (χ4v) is 6.56. The second-order valence-electron chi connectivity index (χ2n) is 10.4. The Balaban J connectivity index is 1.55. The molecule has 0 aliphatic heterocycles. The van der Waals surface area contributed by atoms with Crippen LogP contribution in [0.1, 0.15) is 23.1 Å². The summed E-state index contributed by atoms with van der Waals surface area (Å²) in [5.74, 6) is -0.558. The number of hydrogen-bond donors (Lipinski definition) is 1. The molecule has 3 aromatic carbocycles. The normalized spacial score (nSPS) is 12.4. The highest BCUT2D eigenvalue weighted by Crippen LogP contribution is 2.41. The number of rotatable bonds is 7. The lowest BCUT2D eigenvalue weighted by atomic mass is 10.0. The van der Waals surface area contributed by atoms with Crippen molar-refractivity contribution >= 4 is 72.9 Å². The van der Waals surface area contributed by atoms with Crippen LogP contribution in [0.15, 0.2) is 77.2 Å². The van der Waals surface area contributed by atoms with E-state index in [1.807, 2.05) is 0 Å². The number of pyridine rings is 1. The van der Waals surface area contributed by atoms with Crippen molar-refractivity contribution in [3.8, 4) is 22.6 Å². The average molecular weight is 659 g/mol. The monoisotopic (exact) mass is 658 g/mol. The fourth-order valence-electron chi connectivity index (χ4n) is 5.86. The largest absolute Gasteiger partial charge is 0.755 e. The molecule has 0 saturated heterocycles. The molecule has 1 N–H and O–H groups in total. The summed E-state index contributed by atoms with van der Waals surface area (Å²) in [5.41, 5.74) is 3.99. The van der Waals surface area contributed by atoms with Crippen molar-refractivity contribution in [2.75, 3.05) is 17.9 Å². The lowest BCUT2D eigenvalue weighted by Crippen LogP contribution is -2.25. The molecule has 232 valence electrons. The predicted octanol–water partition coefficient (Wildman–Crippen LogP) is 7.11. The van der Waals surface area contributed by atoms with Gasteiger partial charge in [0.05, 0.1) is 39.4 Å². The van der Waals surface area contributed by atoms with E-state index in [-0.39, 0.29) is 35.0 Å². The van der Waals surface area contributed by atoms with Gasteiger partial charge in [0.1, 0.15) is 34.3 Å². The Labute approximate surface area is 267 Å². The molecule has 46 heavy (non-hydrogen) atoms. The SMILES string of the molecule is CCN(c1cc2oc(-c3ccc(F)cc3)c(C(=O)NC)c2cc1-c1ccc2nc(CCl)n3c4cccc(F)c4cc3c2n1)S(=O)[O-]. The number of halogens is 3. The molecule has 4 aromatic heterocycles. The van der Waals surface area contributed by atoms with Crippen LogP contribution in [0.4, 0.5) is 14.5 Å². The number of fused-ring (bicyclic) bond motifs is 6. The molecular weight excluding hydrogens is 636 g/mol. The van der Waals surface area contributed by atoms with Gasteiger partial charge in [-0.3, -0.25) is 13.4 Å². The van der Waals surface area contributed by atoms with Gasteiger partial charge in [0.2, 0.25) is 0 Å². The standard InChI is InChI=1S/C33H24ClF2N5O4S/c1-3-40(46(43)44)26-15-28-21(30(33(42)37-2)32(45-28)17-7-9-18(35)10-8-17)13-20(26)23-11-12-24-31(39-23)27-14-19-22(36)5-4-6-25(19)41(27)29(16-34)38-24/h4-15H,3,16H2,1-2H3,(H,37,42)(H,43,44)/p-1. The second kappa shape index (κ2) is 11.5. The number of aromatic nitrogens is 3. The maximum atomic E-state index is 14.9. The van der Waals surface area contributed by atoms with Gasteiger partial charge < -0.3 is 18.6 Å². The van der Waals surface area contributed by atoms with Gasteiger partial charge in [0, 0.05) is 52.8 Å². The first kappa shape index (κ1) is 29.8. The number of furan rings is 1. The van der Waals surface area contributed by atoms with Crippen molar-refractivity contribution in [2.24, 2.45) is 0 Å². The van der Waals surface area contributed by atoms with Crippen LogP contribution in [-0.4, -0.2) is 42.6 Å². The number of nitrogens with one attached hydrogen (secondary N) is 1. The van der Waals surface area contributed by atoms with E-state index < -0.39 is 28.8 Å². The van der Waals surface area contributed by atoms with Crippen LogP contribution in [0.5, 0.6) is 0 Å². The Morgan fingerprint density at radius 3 is 2.52 bits per heavy atom. The van der Waals surface area contributed by atoms with Gasteiger partial charge in [0.15, 0.2) is 0 Å². The van der Waals surface area contributed by atoms with E-state index in [1.165, 1.54) is 37.4 Å². The summed E-state index contributed by atoms with van der Waals surface area (Å²) in [6.07, 6.45) is 0. The molecular formula is C33H23ClF2N5O4S-. The second-order valence-corrected chi connectivity index (χ2v) is 11.6. The number of benzene rings is 3. The molecule has 9 nitrogen and oxygen atoms in total. The number of hydrogen-bond acceptors (Lipinski definition) is 6. The summed E-state index contributed by atoms with van der Waals surface area (Å²) < 4.78 is 62.6. The first-order chi connectivity index (χ1) is 22.2. The summed E-state index contributed by atoms with van der Waals surface area (Å²) in [5, 5.41) is 3.39. The highest BCUT2D eigenvalue weighted by Gasteiger charge is 2.26. The third-order valence-corrected chi connectivity index (χ3v) is 8.97. The number of nitrogens with zero attached hydrogens (tertiary/aromatic N) is 4. The van der Waals surface area contributed by atoms with E-state index in [0.717, 1.165) is 4.31 Å². The highest BCUT2D eigenvalue weighted by atomic mass is 35.5. The molecule has 0 spiro atoms. The van der Waals surface area contributed by atoms with Crippen LogP contribution in [-0.2, 0) is 17.1 Å². The van der Waals surface area contributed by atoms with E-state index in [0.29, 0.717) is 55.5 Å². The number of amides is 1. The van der Waals surface area contributed by atoms with E-state index in [4.69, 9.17) is 26.0 Å². The molecule has 1 unspecified atom stereocenters. The summed E-state index contributed by atoms with van der Waals surface area (Å²) in [7, 11) is 1.48. The Morgan fingerprint density at radius 2 is 1.83 bits per heavy atom. The van der Waals surface area contributed by atoms with Crippen molar-refractivity contribution in [3.05, 3.63) is 95.8 Å². The Morgan fingerprint density at radius 1 is 1.04 bits per heavy atom. The lowest BCUT2D eigenvalue weighted by Gasteiger charge is -2.27. The molecule has 0 bridgehead atoms. The van der Waals surface area contributed by atoms with Crippen LogP contribution >= 0.6 is 11.6 Å². The van der Waals surface area contributed by atoms with Crippen LogP contribution in [0.2, 0.25) is 0 Å². The average Bonchev–Trinajstić information content (AvgIpc) is 3.64. The van der Waals surface area contributed by atoms with Crippen molar-refractivity contribution in [1.29, 1.82) is 0 Å². The zero-order valence-corrected chi connectivity index (χ0v) is 25.9. The molecule has 0 radical (unpaired) electrons. The number of carbonyl (C=O) groups excluding carboxylic acids is 1. The van der Waals surface area contributed by atoms with Gasteiger partial charge in [-0.15, -0.1) is 11.6 Å². The molecule has 0 aliphatic rings. The summed E-state index contributed by atoms with van der Waals surface area (Å²) >= 11 is 3.60. The minimum absolute atomic E-state index is 0.0647. The fraction of sp³-hybridized carbons (Fsp3) is 0.121. The van der Waals surface area contributed by atoms with Crippen molar-refractivity contribution in [3.63, 3.8) is 0 Å². The molecule has 4 heterocycles. The molecule has 0 aliphatic carbocycles. The summed E-state index contributed by atoms with van der Waals surface area (Å²) in [6.45, 7) is 1.77. The summed E-state index contributed by atoms with van der Waals surface area (Å²) in [6, 6.07) is 18.6. The quantitative estimate of drug-likeness (QED) is 0.144. The van der Waals surface area contributed by atoms with E-state index in [1.54, 1.807) is 53.8 Å². The van der Waals surface area contributed by atoms with E-state index in [9.17, 15) is 22.3 Å². The molecule has 0 saturated carbocycles. The Hall–Kier alpha value is -4.91. The van der Waals surface area contributed by atoms with Gasteiger partial charge in [0.25, 0.3) is 5.91 Å². The number of anilines is 1. The molecule has 7 rings (SSSR count). The Kier molecular flexibility index (Phi) is 7.42. The van der Waals surface area contributed by atoms with E-state index >= 15 is 0 Å². The van der Waals surface area contributed by atoms with E-state index in [2.05, 4.69) is 5.32 Å². The number of carbonyl (C=O) groups is 1. The Bertz CT molecular complexity index is 2380. The van der Waals surface area contributed by atoms with Gasteiger partial charge in [-0.1, -0.05) is 6.07 Å². The van der Waals surface area contributed by atoms with Gasteiger partial charge in [-0.25, -0.2) is 18.7 Å². The zero-order chi connectivity index (χ0) is 32.3. The molecule has 1 atom stereocenters. The maximum absolute atomic E-state index is 14.9.